The van der Waals surface area contributed by atoms with E-state index in [1.165, 1.54) is 57.8 Å². The molecule has 1 heteroatoms. The fourth-order valence-electron chi connectivity index (χ4n) is 9.50. The molecule has 4 rings (SSSR count). The average molecular weight is 415 g/mol. The Balaban J connectivity index is 1.49. The minimum atomic E-state index is -0.0166. The quantitative estimate of drug-likeness (QED) is 0.451. The van der Waals surface area contributed by atoms with E-state index in [9.17, 15) is 5.11 Å². The van der Waals surface area contributed by atoms with Gasteiger partial charge in [0.1, 0.15) is 0 Å². The molecule has 0 saturated heterocycles. The van der Waals surface area contributed by atoms with Gasteiger partial charge >= 0.3 is 0 Å². The van der Waals surface area contributed by atoms with Crippen LogP contribution in [0.2, 0.25) is 0 Å². The second-order valence-corrected chi connectivity index (χ2v) is 12.8. The van der Waals surface area contributed by atoms with Crippen molar-refractivity contribution in [2.24, 2.45) is 52.3 Å². The standard InChI is InChI=1S/C29H50O/c1-7-21(19(2)3)9-8-20(4)25-12-13-26-24-11-10-22-18-23(30)14-16-28(22,5)27(24)15-17-29(25,26)6/h9,19-20,22-27,30H,7-8,10-18H2,1-6H3/t20-,22+,23+,24+,25-,26+,27+,28+,29-/m1/s1. The zero-order valence-electron chi connectivity index (χ0n) is 20.9. The van der Waals surface area contributed by atoms with Crippen LogP contribution in [0.3, 0.4) is 0 Å². The molecule has 4 fully saturated rings. The summed E-state index contributed by atoms with van der Waals surface area (Å²) in [6.45, 7) is 14.9. The Morgan fingerprint density at radius 2 is 1.63 bits per heavy atom. The van der Waals surface area contributed by atoms with Crippen LogP contribution in [-0.4, -0.2) is 11.2 Å². The summed E-state index contributed by atoms with van der Waals surface area (Å²) in [5.74, 6) is 6.11. The Morgan fingerprint density at radius 1 is 0.933 bits per heavy atom. The Morgan fingerprint density at radius 3 is 2.33 bits per heavy atom. The van der Waals surface area contributed by atoms with Gasteiger partial charge in [0.2, 0.25) is 0 Å². The number of hydrogen-bond acceptors (Lipinski definition) is 1. The largest absolute Gasteiger partial charge is 0.393 e. The van der Waals surface area contributed by atoms with Crippen LogP contribution in [0.1, 0.15) is 112 Å². The van der Waals surface area contributed by atoms with Gasteiger partial charge in [0, 0.05) is 0 Å². The van der Waals surface area contributed by atoms with E-state index >= 15 is 0 Å². The molecule has 0 bridgehead atoms. The van der Waals surface area contributed by atoms with Crippen LogP contribution in [0, 0.1) is 52.3 Å². The summed E-state index contributed by atoms with van der Waals surface area (Å²) in [5, 5.41) is 10.3. The summed E-state index contributed by atoms with van der Waals surface area (Å²) < 4.78 is 0. The molecule has 0 spiro atoms. The van der Waals surface area contributed by atoms with E-state index in [0.717, 1.165) is 48.3 Å². The van der Waals surface area contributed by atoms with Crippen molar-refractivity contribution in [1.29, 1.82) is 0 Å². The minimum absolute atomic E-state index is 0.0166. The van der Waals surface area contributed by atoms with E-state index in [4.69, 9.17) is 0 Å². The first-order valence-electron chi connectivity index (χ1n) is 13.6. The van der Waals surface area contributed by atoms with Gasteiger partial charge in [-0.25, -0.2) is 0 Å². The van der Waals surface area contributed by atoms with E-state index in [2.05, 4.69) is 47.6 Å². The Bertz CT molecular complexity index is 634. The normalized spacial score (nSPS) is 47.5. The summed E-state index contributed by atoms with van der Waals surface area (Å²) in [5.41, 5.74) is 2.76. The molecule has 1 nitrogen and oxygen atoms in total. The maximum absolute atomic E-state index is 10.3. The van der Waals surface area contributed by atoms with Crippen molar-refractivity contribution in [1.82, 2.24) is 0 Å². The number of aliphatic hydroxyl groups excluding tert-OH is 1. The lowest BCUT2D eigenvalue weighted by molar-refractivity contribution is -0.129. The lowest BCUT2D eigenvalue weighted by atomic mass is 9.44. The zero-order chi connectivity index (χ0) is 21.7. The molecule has 9 atom stereocenters. The molecule has 4 aliphatic carbocycles. The van der Waals surface area contributed by atoms with Gasteiger partial charge in [-0.05, 0) is 123 Å². The highest BCUT2D eigenvalue weighted by atomic mass is 16.3. The Hall–Kier alpha value is -0.300. The van der Waals surface area contributed by atoms with Gasteiger partial charge in [0.25, 0.3) is 0 Å². The van der Waals surface area contributed by atoms with Gasteiger partial charge in [-0.2, -0.15) is 0 Å². The van der Waals surface area contributed by atoms with Crippen molar-refractivity contribution in [3.63, 3.8) is 0 Å². The molecule has 0 heterocycles. The van der Waals surface area contributed by atoms with Crippen LogP contribution in [0.4, 0.5) is 0 Å². The van der Waals surface area contributed by atoms with Crippen molar-refractivity contribution in [3.05, 3.63) is 11.6 Å². The second kappa shape index (κ2) is 8.57. The van der Waals surface area contributed by atoms with Gasteiger partial charge < -0.3 is 5.11 Å². The smallest absolute Gasteiger partial charge is 0.0543 e. The van der Waals surface area contributed by atoms with Crippen molar-refractivity contribution in [3.8, 4) is 0 Å². The van der Waals surface area contributed by atoms with Gasteiger partial charge in [-0.15, -0.1) is 0 Å². The first-order valence-corrected chi connectivity index (χ1v) is 13.6. The molecular formula is C29H50O. The maximum Gasteiger partial charge on any atom is 0.0543 e. The maximum atomic E-state index is 10.3. The SMILES string of the molecule is CCC(=CC[C@@H](C)[C@H]1CC[C@H]2[C@@H]3CC[C@H]4C[C@@H](O)CC[C@]4(C)[C@H]3CC[C@]12C)C(C)C. The summed E-state index contributed by atoms with van der Waals surface area (Å²) >= 11 is 0. The van der Waals surface area contributed by atoms with Crippen LogP contribution in [0.15, 0.2) is 11.6 Å². The zero-order valence-corrected chi connectivity index (χ0v) is 20.9. The molecule has 4 aliphatic rings. The Kier molecular flexibility index (Phi) is 6.53. The van der Waals surface area contributed by atoms with Crippen LogP contribution >= 0.6 is 0 Å². The molecular weight excluding hydrogens is 364 g/mol. The van der Waals surface area contributed by atoms with Crippen LogP contribution in [0.25, 0.3) is 0 Å². The molecule has 1 N–H and O–H groups in total. The summed E-state index contributed by atoms with van der Waals surface area (Å²) in [7, 11) is 0. The van der Waals surface area contributed by atoms with E-state index < -0.39 is 0 Å². The molecule has 0 aromatic heterocycles. The predicted octanol–water partition coefficient (Wildman–Crippen LogP) is 8.02. The second-order valence-electron chi connectivity index (χ2n) is 12.8. The van der Waals surface area contributed by atoms with E-state index in [0.29, 0.717) is 16.7 Å². The highest BCUT2D eigenvalue weighted by Crippen LogP contribution is 2.68. The summed E-state index contributed by atoms with van der Waals surface area (Å²) in [4.78, 5) is 0. The number of rotatable bonds is 5. The molecule has 0 amide bonds. The molecule has 0 aromatic carbocycles. The lowest BCUT2D eigenvalue weighted by Crippen LogP contribution is -2.54. The molecule has 30 heavy (non-hydrogen) atoms. The van der Waals surface area contributed by atoms with Crippen molar-refractivity contribution in [2.45, 2.75) is 118 Å². The van der Waals surface area contributed by atoms with Crippen molar-refractivity contribution < 1.29 is 5.11 Å². The first kappa shape index (κ1) is 22.9. The monoisotopic (exact) mass is 414 g/mol. The van der Waals surface area contributed by atoms with E-state index in [1.54, 1.807) is 5.57 Å². The van der Waals surface area contributed by atoms with Gasteiger partial charge in [0.05, 0.1) is 6.10 Å². The highest BCUT2D eigenvalue weighted by molar-refractivity contribution is 5.11. The van der Waals surface area contributed by atoms with Gasteiger partial charge in [-0.1, -0.05) is 53.2 Å². The third kappa shape index (κ3) is 3.74. The predicted molar refractivity (Wildman–Crippen MR) is 128 cm³/mol. The van der Waals surface area contributed by atoms with E-state index in [1.807, 2.05) is 0 Å². The molecule has 172 valence electrons. The highest BCUT2D eigenvalue weighted by Gasteiger charge is 2.60. The fourth-order valence-corrected chi connectivity index (χ4v) is 9.50. The molecule has 0 radical (unpaired) electrons. The first-order chi connectivity index (χ1) is 14.2. The fraction of sp³-hybridized carbons (Fsp3) is 0.931. The van der Waals surface area contributed by atoms with E-state index in [-0.39, 0.29) is 6.10 Å². The van der Waals surface area contributed by atoms with Gasteiger partial charge in [0.15, 0.2) is 0 Å². The van der Waals surface area contributed by atoms with Crippen LogP contribution in [0.5, 0.6) is 0 Å². The Labute approximate surface area is 187 Å². The van der Waals surface area contributed by atoms with Gasteiger partial charge in [-0.3, -0.25) is 0 Å². The minimum Gasteiger partial charge on any atom is -0.393 e. The molecule has 0 aromatic rings. The number of aliphatic hydroxyl groups is 1. The molecule has 4 saturated carbocycles. The molecule has 0 aliphatic heterocycles. The number of hydrogen-bond donors (Lipinski definition) is 1. The lowest BCUT2D eigenvalue weighted by Gasteiger charge is -2.61. The summed E-state index contributed by atoms with van der Waals surface area (Å²) in [6, 6.07) is 0. The summed E-state index contributed by atoms with van der Waals surface area (Å²) in [6.07, 6.45) is 17.3. The number of allylic oxidation sites excluding steroid dienone is 2. The third-order valence-electron chi connectivity index (χ3n) is 11.3. The third-order valence-corrected chi connectivity index (χ3v) is 11.3. The average Bonchev–Trinajstić information content (AvgIpc) is 3.06. The topological polar surface area (TPSA) is 20.2 Å². The van der Waals surface area contributed by atoms with Crippen molar-refractivity contribution >= 4 is 0 Å². The van der Waals surface area contributed by atoms with Crippen molar-refractivity contribution in [2.75, 3.05) is 0 Å². The van der Waals surface area contributed by atoms with Crippen LogP contribution < -0.4 is 0 Å². The van der Waals surface area contributed by atoms with Crippen LogP contribution in [-0.2, 0) is 0 Å². The number of fused-ring (bicyclic) bond motifs is 5. The molecule has 0 unspecified atom stereocenters.